The first-order valence-corrected chi connectivity index (χ1v) is 7.04. The highest BCUT2D eigenvalue weighted by Crippen LogP contribution is 2.19. The van der Waals surface area contributed by atoms with Crippen molar-refractivity contribution in [1.29, 1.82) is 0 Å². The van der Waals surface area contributed by atoms with E-state index in [1.54, 1.807) is 6.33 Å². The van der Waals surface area contributed by atoms with Crippen molar-refractivity contribution in [1.82, 2.24) is 9.55 Å². The van der Waals surface area contributed by atoms with Crippen LogP contribution in [0.3, 0.4) is 0 Å². The average Bonchev–Trinajstić information content (AvgIpc) is 2.78. The van der Waals surface area contributed by atoms with Crippen molar-refractivity contribution in [2.45, 2.75) is 33.3 Å². The molecule has 116 valence electrons. The predicted molar refractivity (Wildman–Crippen MR) is 87.3 cm³/mol. The van der Waals surface area contributed by atoms with Crippen LogP contribution in [0.5, 0.6) is 0 Å². The van der Waals surface area contributed by atoms with Crippen molar-refractivity contribution in [3.63, 3.8) is 0 Å². The van der Waals surface area contributed by atoms with Gasteiger partial charge in [-0.05, 0) is 58.5 Å². The van der Waals surface area contributed by atoms with Gasteiger partial charge >= 0.3 is 0 Å². The first-order valence-electron chi connectivity index (χ1n) is 7.04. The third-order valence-corrected chi connectivity index (χ3v) is 3.01. The summed E-state index contributed by atoms with van der Waals surface area (Å²) in [7, 11) is 0. The van der Waals surface area contributed by atoms with Gasteiger partial charge in [0.25, 0.3) is 0 Å². The molecular weight excluding hydrogens is 278 g/mol. The van der Waals surface area contributed by atoms with E-state index in [0.717, 1.165) is 23.4 Å². The second-order valence-electron chi connectivity index (χ2n) is 6.01. The highest BCUT2D eigenvalue weighted by molar-refractivity contribution is 5.73. The van der Waals surface area contributed by atoms with Crippen LogP contribution in [0.25, 0.3) is 5.69 Å². The van der Waals surface area contributed by atoms with Gasteiger partial charge in [-0.2, -0.15) is 0 Å². The molecule has 0 aliphatic carbocycles. The lowest BCUT2D eigenvalue weighted by Gasteiger charge is -2.23. The first kappa shape index (κ1) is 15.8. The van der Waals surface area contributed by atoms with Gasteiger partial charge in [-0.25, -0.2) is 4.98 Å². The van der Waals surface area contributed by atoms with Crippen LogP contribution in [-0.2, 0) is 4.74 Å². The summed E-state index contributed by atoms with van der Waals surface area (Å²) in [6.45, 7) is 11.6. The van der Waals surface area contributed by atoms with Crippen LogP contribution in [0.1, 0.15) is 37.0 Å². The molecule has 5 nitrogen and oxygen atoms in total. The number of anilines is 1. The molecule has 5 heteroatoms. The van der Waals surface area contributed by atoms with E-state index in [9.17, 15) is 4.79 Å². The minimum absolute atomic E-state index is 0.289. The zero-order valence-corrected chi connectivity index (χ0v) is 13.4. The Morgan fingerprint density at radius 3 is 2.45 bits per heavy atom. The molecule has 2 rings (SSSR count). The molecule has 0 saturated heterocycles. The Kier molecular flexibility index (Phi) is 4.35. The molecule has 0 aliphatic heterocycles. The normalized spacial score (nSPS) is 11.1. The summed E-state index contributed by atoms with van der Waals surface area (Å²) in [6.07, 6.45) is 2.40. The predicted octanol–water partition coefficient (Wildman–Crippen LogP) is 3.69. The maximum Gasteiger partial charge on any atom is 0.184 e. The Morgan fingerprint density at radius 2 is 1.95 bits per heavy atom. The van der Waals surface area contributed by atoms with E-state index < -0.39 is 0 Å². The quantitative estimate of drug-likeness (QED) is 0.675. The van der Waals surface area contributed by atoms with Crippen molar-refractivity contribution in [2.24, 2.45) is 0 Å². The molecule has 22 heavy (non-hydrogen) atoms. The van der Waals surface area contributed by atoms with Crippen LogP contribution in [0.15, 0.2) is 43.1 Å². The Morgan fingerprint density at radius 1 is 1.32 bits per heavy atom. The van der Waals surface area contributed by atoms with E-state index in [-0.39, 0.29) is 5.60 Å². The number of imidazole rings is 1. The van der Waals surface area contributed by atoms with Crippen LogP contribution < -0.4 is 5.32 Å². The van der Waals surface area contributed by atoms with Crippen molar-refractivity contribution in [2.75, 3.05) is 5.32 Å². The maximum atomic E-state index is 10.9. The van der Waals surface area contributed by atoms with E-state index in [2.05, 4.69) is 16.9 Å². The molecule has 1 aromatic heterocycles. The Hall–Kier alpha value is -2.56. The number of benzene rings is 1. The largest absolute Gasteiger partial charge is 0.474 e. The number of aromatic nitrogens is 2. The zero-order valence-electron chi connectivity index (χ0n) is 13.4. The van der Waals surface area contributed by atoms with E-state index in [1.807, 2.05) is 56.5 Å². The SMILES string of the molecule is C=C(Nc1ccc(-n2cnc(C=O)c2C)cc1)OC(C)(C)C. The fourth-order valence-corrected chi connectivity index (χ4v) is 2.06. The Balaban J connectivity index is 2.12. The lowest BCUT2D eigenvalue weighted by atomic mass is 10.2. The number of hydrogen-bond acceptors (Lipinski definition) is 4. The minimum atomic E-state index is -0.289. The number of carbonyl (C=O) groups excluding carboxylic acids is 1. The number of ether oxygens (including phenoxy) is 1. The van der Waals surface area contributed by atoms with Gasteiger partial charge in [-0.1, -0.05) is 0 Å². The van der Waals surface area contributed by atoms with E-state index >= 15 is 0 Å². The van der Waals surface area contributed by atoms with Gasteiger partial charge in [0.15, 0.2) is 12.2 Å². The van der Waals surface area contributed by atoms with Crippen LogP contribution in [-0.4, -0.2) is 21.4 Å². The van der Waals surface area contributed by atoms with Gasteiger partial charge in [0, 0.05) is 11.4 Å². The highest BCUT2D eigenvalue weighted by atomic mass is 16.5. The number of aldehydes is 1. The molecule has 0 aliphatic rings. The van der Waals surface area contributed by atoms with Crippen molar-refractivity contribution in [3.05, 3.63) is 54.4 Å². The van der Waals surface area contributed by atoms with Gasteiger partial charge in [0.1, 0.15) is 17.6 Å². The van der Waals surface area contributed by atoms with Gasteiger partial charge in [0.2, 0.25) is 0 Å². The molecular formula is C17H21N3O2. The lowest BCUT2D eigenvalue weighted by molar-refractivity contribution is 0.0565. The first-order chi connectivity index (χ1) is 10.3. The molecule has 0 atom stereocenters. The zero-order chi connectivity index (χ0) is 16.3. The molecule has 1 aromatic carbocycles. The molecule has 1 heterocycles. The molecule has 0 amide bonds. The second kappa shape index (κ2) is 6.05. The fourth-order valence-electron chi connectivity index (χ4n) is 2.06. The highest BCUT2D eigenvalue weighted by Gasteiger charge is 2.12. The molecule has 0 bridgehead atoms. The summed E-state index contributed by atoms with van der Waals surface area (Å²) in [6, 6.07) is 7.73. The number of hydrogen-bond donors (Lipinski definition) is 1. The maximum absolute atomic E-state index is 10.9. The topological polar surface area (TPSA) is 56.2 Å². The van der Waals surface area contributed by atoms with Crippen LogP contribution in [0.4, 0.5) is 5.69 Å². The summed E-state index contributed by atoms with van der Waals surface area (Å²) in [5.74, 6) is 0.502. The third kappa shape index (κ3) is 3.75. The van der Waals surface area contributed by atoms with Crippen LogP contribution >= 0.6 is 0 Å². The van der Waals surface area contributed by atoms with Gasteiger partial charge in [0.05, 0.1) is 5.69 Å². The second-order valence-corrected chi connectivity index (χ2v) is 6.01. The van der Waals surface area contributed by atoms with Crippen molar-refractivity contribution in [3.8, 4) is 5.69 Å². The monoisotopic (exact) mass is 299 g/mol. The fraction of sp³-hybridized carbons (Fsp3) is 0.294. The van der Waals surface area contributed by atoms with Gasteiger partial charge in [-0.15, -0.1) is 0 Å². The number of nitrogens with one attached hydrogen (secondary N) is 1. The summed E-state index contributed by atoms with van der Waals surface area (Å²) in [5, 5.41) is 3.11. The number of rotatable bonds is 5. The van der Waals surface area contributed by atoms with E-state index in [0.29, 0.717) is 11.6 Å². The molecule has 0 fully saturated rings. The third-order valence-electron chi connectivity index (χ3n) is 3.01. The molecule has 1 N–H and O–H groups in total. The van der Waals surface area contributed by atoms with Crippen LogP contribution in [0, 0.1) is 6.92 Å². The van der Waals surface area contributed by atoms with E-state index in [4.69, 9.17) is 4.74 Å². The van der Waals surface area contributed by atoms with E-state index in [1.165, 1.54) is 0 Å². The average molecular weight is 299 g/mol. The summed E-state index contributed by atoms with van der Waals surface area (Å²) in [5.41, 5.74) is 2.80. The molecule has 0 spiro atoms. The smallest absolute Gasteiger partial charge is 0.184 e. The van der Waals surface area contributed by atoms with Crippen molar-refractivity contribution < 1.29 is 9.53 Å². The standard InChI is InChI=1S/C17H21N3O2/c1-12-16(10-21)18-11-20(12)15-8-6-14(7-9-15)19-13(2)22-17(3,4)5/h6-11,19H,2H2,1,3-5H3. The molecule has 0 unspecified atom stereocenters. The van der Waals surface area contributed by atoms with Crippen LogP contribution in [0.2, 0.25) is 0 Å². The van der Waals surface area contributed by atoms with Gasteiger partial charge < -0.3 is 14.6 Å². The van der Waals surface area contributed by atoms with Crippen molar-refractivity contribution >= 4 is 12.0 Å². The Bertz CT molecular complexity index is 679. The summed E-state index contributed by atoms with van der Waals surface area (Å²) >= 11 is 0. The molecule has 2 aromatic rings. The number of carbonyl (C=O) groups is 1. The summed E-state index contributed by atoms with van der Waals surface area (Å²) in [4.78, 5) is 14.9. The van der Waals surface area contributed by atoms with Gasteiger partial charge in [-0.3, -0.25) is 4.79 Å². The minimum Gasteiger partial charge on any atom is -0.474 e. The molecule has 0 saturated carbocycles. The molecule has 0 radical (unpaired) electrons. The Labute approximate surface area is 130 Å². The summed E-state index contributed by atoms with van der Waals surface area (Å²) < 4.78 is 7.50. The number of nitrogens with zero attached hydrogens (tertiary/aromatic N) is 2. The lowest BCUT2D eigenvalue weighted by Crippen LogP contribution is -2.21.